The van der Waals surface area contributed by atoms with Crippen molar-refractivity contribution < 1.29 is 19.1 Å². The van der Waals surface area contributed by atoms with Crippen LogP contribution in [0.25, 0.3) is 22.2 Å². The second-order valence-corrected chi connectivity index (χ2v) is 10.5. The van der Waals surface area contributed by atoms with Crippen molar-refractivity contribution in [2.75, 3.05) is 48.8 Å². The van der Waals surface area contributed by atoms with Crippen molar-refractivity contribution in [1.82, 2.24) is 20.3 Å². The fraction of sp³-hybridized carbons (Fsp3) is 0.206. The first-order chi connectivity index (χ1) is 22.0. The molecule has 0 spiro atoms. The number of nitrogens with zero attached hydrogens (tertiary/aromatic N) is 4. The average Bonchev–Trinajstić information content (AvgIpc) is 3.08. The highest BCUT2D eigenvalue weighted by molar-refractivity contribution is 6.10. The van der Waals surface area contributed by atoms with Crippen LogP contribution < -0.4 is 21.3 Å². The summed E-state index contributed by atoms with van der Waals surface area (Å²) in [6, 6.07) is 25.0. The Hall–Kier alpha value is -5.55. The van der Waals surface area contributed by atoms with Crippen molar-refractivity contribution in [2.24, 2.45) is 0 Å². The zero-order valence-electron chi connectivity index (χ0n) is 24.6. The second-order valence-electron chi connectivity index (χ2n) is 10.5. The van der Waals surface area contributed by atoms with E-state index in [1.54, 1.807) is 12.4 Å². The van der Waals surface area contributed by atoms with Crippen LogP contribution in [-0.4, -0.2) is 59.8 Å². The molecular formula is C34H33N7O4. The number of pyridine rings is 1. The molecule has 0 aliphatic carbocycles. The fourth-order valence-electron chi connectivity index (χ4n) is 5.16. The zero-order valence-corrected chi connectivity index (χ0v) is 24.6. The molecule has 4 N–H and O–H groups in total. The maximum atomic E-state index is 13.5. The van der Waals surface area contributed by atoms with E-state index in [0.29, 0.717) is 50.7 Å². The molecule has 1 aliphatic heterocycles. The van der Waals surface area contributed by atoms with E-state index in [4.69, 9.17) is 15.2 Å². The van der Waals surface area contributed by atoms with Crippen molar-refractivity contribution in [3.8, 4) is 11.3 Å². The highest BCUT2D eigenvalue weighted by Gasteiger charge is 2.22. The minimum Gasteiger partial charge on any atom is -0.445 e. The molecule has 11 nitrogen and oxygen atoms in total. The van der Waals surface area contributed by atoms with E-state index in [1.807, 2.05) is 78.9 Å². The van der Waals surface area contributed by atoms with Gasteiger partial charge in [0.15, 0.2) is 11.5 Å². The van der Waals surface area contributed by atoms with Gasteiger partial charge in [0, 0.05) is 30.6 Å². The first-order valence-corrected chi connectivity index (χ1v) is 14.7. The number of amides is 2. The number of carbonyl (C=O) groups excluding carboxylic acids is 2. The minimum atomic E-state index is -0.477. The highest BCUT2D eigenvalue weighted by atomic mass is 16.5. The molecular weight excluding hydrogens is 570 g/mol. The lowest BCUT2D eigenvalue weighted by molar-refractivity contribution is 0.102. The van der Waals surface area contributed by atoms with Crippen LogP contribution >= 0.6 is 0 Å². The van der Waals surface area contributed by atoms with Gasteiger partial charge in [-0.15, -0.1) is 0 Å². The number of nitrogens with two attached hydrogens (primary N) is 1. The molecule has 45 heavy (non-hydrogen) atoms. The maximum Gasteiger partial charge on any atom is 0.407 e. The number of ether oxygens (including phenoxy) is 2. The molecule has 1 saturated heterocycles. The van der Waals surface area contributed by atoms with Crippen LogP contribution in [0.4, 0.5) is 22.0 Å². The lowest BCUT2D eigenvalue weighted by atomic mass is 10.1. The van der Waals surface area contributed by atoms with Gasteiger partial charge >= 0.3 is 6.09 Å². The van der Waals surface area contributed by atoms with Crippen molar-refractivity contribution in [3.63, 3.8) is 0 Å². The van der Waals surface area contributed by atoms with E-state index in [-0.39, 0.29) is 18.1 Å². The number of fused-ring (bicyclic) bond motifs is 1. The summed E-state index contributed by atoms with van der Waals surface area (Å²) in [5.74, 6) is -0.449. The quantitative estimate of drug-likeness (QED) is 0.216. The predicted octanol–water partition coefficient (Wildman–Crippen LogP) is 4.83. The average molecular weight is 604 g/mol. The lowest BCUT2D eigenvalue weighted by Crippen LogP contribution is -2.37. The normalized spacial score (nSPS) is 12.9. The Morgan fingerprint density at radius 1 is 0.889 bits per heavy atom. The van der Waals surface area contributed by atoms with Crippen LogP contribution in [0.2, 0.25) is 0 Å². The number of hydrogen-bond acceptors (Lipinski definition) is 9. The molecule has 6 rings (SSSR count). The van der Waals surface area contributed by atoms with E-state index in [0.717, 1.165) is 33.3 Å². The number of para-hydroxylation sites is 1. The number of morpholine rings is 1. The van der Waals surface area contributed by atoms with Gasteiger partial charge in [0.05, 0.1) is 48.2 Å². The van der Waals surface area contributed by atoms with E-state index < -0.39 is 12.0 Å². The Morgan fingerprint density at radius 2 is 1.64 bits per heavy atom. The van der Waals surface area contributed by atoms with Gasteiger partial charge in [-0.1, -0.05) is 72.8 Å². The van der Waals surface area contributed by atoms with E-state index in [9.17, 15) is 9.59 Å². The molecule has 2 amide bonds. The smallest absolute Gasteiger partial charge is 0.407 e. The summed E-state index contributed by atoms with van der Waals surface area (Å²) < 4.78 is 10.8. The monoisotopic (exact) mass is 603 g/mol. The SMILES string of the molecule is Nc1ncc(-c2ccc(CCNC(=O)OCc3ccccc3)cc2)nc1C(=O)Nc1cnc2ccccc2c1N1CCOCC1. The number of nitrogen functional groups attached to an aromatic ring is 1. The number of nitrogens with one attached hydrogen (secondary N) is 2. The third kappa shape index (κ3) is 7.16. The summed E-state index contributed by atoms with van der Waals surface area (Å²) in [6.07, 6.45) is 3.36. The van der Waals surface area contributed by atoms with Crippen LogP contribution in [0.15, 0.2) is 91.3 Å². The van der Waals surface area contributed by atoms with E-state index >= 15 is 0 Å². The maximum absolute atomic E-state index is 13.5. The van der Waals surface area contributed by atoms with Crippen LogP contribution in [0, 0.1) is 0 Å². The van der Waals surface area contributed by atoms with Crippen LogP contribution in [0.1, 0.15) is 21.6 Å². The summed E-state index contributed by atoms with van der Waals surface area (Å²) in [5.41, 5.74) is 11.7. The first kappa shape index (κ1) is 29.5. The number of aromatic nitrogens is 3. The molecule has 228 valence electrons. The molecule has 0 saturated carbocycles. The number of hydrogen-bond donors (Lipinski definition) is 3. The summed E-state index contributed by atoms with van der Waals surface area (Å²) in [4.78, 5) is 41.2. The third-order valence-corrected chi connectivity index (χ3v) is 7.48. The summed E-state index contributed by atoms with van der Waals surface area (Å²) in [6.45, 7) is 3.23. The summed E-state index contributed by atoms with van der Waals surface area (Å²) in [7, 11) is 0. The number of benzene rings is 3. The van der Waals surface area contributed by atoms with Gasteiger partial charge in [-0.3, -0.25) is 9.78 Å². The molecule has 3 heterocycles. The molecule has 0 bridgehead atoms. The van der Waals surface area contributed by atoms with Crippen LogP contribution in [-0.2, 0) is 22.5 Å². The molecule has 5 aromatic rings. The Kier molecular flexibility index (Phi) is 9.07. The Bertz CT molecular complexity index is 1790. The summed E-state index contributed by atoms with van der Waals surface area (Å²) in [5, 5.41) is 6.69. The number of carbonyl (C=O) groups is 2. The number of alkyl carbamates (subject to hydrolysis) is 1. The molecule has 1 aliphatic rings. The molecule has 0 atom stereocenters. The molecule has 1 fully saturated rings. The molecule has 2 aromatic heterocycles. The van der Waals surface area contributed by atoms with Gasteiger partial charge in [-0.25, -0.2) is 14.8 Å². The van der Waals surface area contributed by atoms with E-state index in [2.05, 4.69) is 30.5 Å². The van der Waals surface area contributed by atoms with Crippen molar-refractivity contribution in [1.29, 1.82) is 0 Å². The largest absolute Gasteiger partial charge is 0.445 e. The molecule has 0 radical (unpaired) electrons. The van der Waals surface area contributed by atoms with Gasteiger partial charge in [-0.05, 0) is 23.6 Å². The Balaban J connectivity index is 1.12. The highest BCUT2D eigenvalue weighted by Crippen LogP contribution is 2.34. The zero-order chi connectivity index (χ0) is 31.0. The molecule has 0 unspecified atom stereocenters. The van der Waals surface area contributed by atoms with Gasteiger partial charge in [0.25, 0.3) is 5.91 Å². The Morgan fingerprint density at radius 3 is 2.44 bits per heavy atom. The topological polar surface area (TPSA) is 145 Å². The van der Waals surface area contributed by atoms with Crippen molar-refractivity contribution >= 4 is 40.1 Å². The molecule has 3 aromatic carbocycles. The number of anilines is 3. The van der Waals surface area contributed by atoms with Gasteiger partial charge in [-0.2, -0.15) is 0 Å². The number of rotatable bonds is 9. The second kappa shape index (κ2) is 13.8. The van der Waals surface area contributed by atoms with Crippen LogP contribution in [0.3, 0.4) is 0 Å². The van der Waals surface area contributed by atoms with Crippen LogP contribution in [0.5, 0.6) is 0 Å². The van der Waals surface area contributed by atoms with Crippen molar-refractivity contribution in [3.05, 3.63) is 108 Å². The lowest BCUT2D eigenvalue weighted by Gasteiger charge is -2.31. The first-order valence-electron chi connectivity index (χ1n) is 14.7. The molecule has 11 heteroatoms. The Labute approximate surface area is 260 Å². The summed E-state index contributed by atoms with van der Waals surface area (Å²) >= 11 is 0. The van der Waals surface area contributed by atoms with Gasteiger partial charge in [0.1, 0.15) is 6.61 Å². The predicted molar refractivity (Wildman–Crippen MR) is 173 cm³/mol. The van der Waals surface area contributed by atoms with E-state index in [1.165, 1.54) is 0 Å². The van der Waals surface area contributed by atoms with Crippen molar-refractivity contribution in [2.45, 2.75) is 13.0 Å². The van der Waals surface area contributed by atoms with Gasteiger partial charge < -0.3 is 30.7 Å². The fourth-order valence-corrected chi connectivity index (χ4v) is 5.16. The standard InChI is InChI=1S/C34H33N7O4/c35-32-30(33(42)40-29-21-37-27-9-5-4-8-26(27)31(29)41-16-18-44-19-17-41)39-28(20-38-32)25-12-10-23(11-13-25)14-15-36-34(43)45-22-24-6-2-1-3-7-24/h1-13,20-21H,14-19,22H2,(H2,35,38)(H,36,43)(H,40,42). The third-order valence-electron chi connectivity index (χ3n) is 7.48. The minimum absolute atomic E-state index is 0.0240. The van der Waals surface area contributed by atoms with Gasteiger partial charge in [0.2, 0.25) is 0 Å².